The predicted molar refractivity (Wildman–Crippen MR) is 75.5 cm³/mol. The standard InChI is InChI=1S/C12H12Cl2N4O/c1-18-7-8(6-16-18)5-15-12(19)17-9-2-3-10(13)11(14)4-9/h2-4,6-7H,5H2,1H3,(H2,15,17,19). The molecule has 2 aromatic rings. The van der Waals surface area contributed by atoms with E-state index in [0.717, 1.165) is 5.56 Å². The highest BCUT2D eigenvalue weighted by atomic mass is 35.5. The molecule has 1 aromatic carbocycles. The first-order valence-electron chi connectivity index (χ1n) is 5.52. The van der Waals surface area contributed by atoms with E-state index >= 15 is 0 Å². The molecule has 2 rings (SSSR count). The first-order valence-corrected chi connectivity index (χ1v) is 6.27. The van der Waals surface area contributed by atoms with Crippen molar-refractivity contribution >= 4 is 34.9 Å². The third-order valence-electron chi connectivity index (χ3n) is 2.39. The van der Waals surface area contributed by atoms with Gasteiger partial charge in [0, 0.05) is 31.0 Å². The summed E-state index contributed by atoms with van der Waals surface area (Å²) in [6.07, 6.45) is 3.53. The van der Waals surface area contributed by atoms with Crippen LogP contribution in [0.4, 0.5) is 10.5 Å². The Morgan fingerprint density at radius 3 is 2.79 bits per heavy atom. The van der Waals surface area contributed by atoms with Crippen LogP contribution in [0.2, 0.25) is 10.0 Å². The molecule has 0 bridgehead atoms. The molecule has 0 aliphatic heterocycles. The number of nitrogens with zero attached hydrogens (tertiary/aromatic N) is 2. The Morgan fingerprint density at radius 1 is 1.37 bits per heavy atom. The van der Waals surface area contributed by atoms with Crippen molar-refractivity contribution in [2.45, 2.75) is 6.54 Å². The smallest absolute Gasteiger partial charge is 0.319 e. The summed E-state index contributed by atoms with van der Waals surface area (Å²) < 4.78 is 1.67. The highest BCUT2D eigenvalue weighted by Gasteiger charge is 2.04. The normalized spacial score (nSPS) is 10.3. The maximum absolute atomic E-state index is 11.7. The average Bonchev–Trinajstić information content (AvgIpc) is 2.77. The van der Waals surface area contributed by atoms with Gasteiger partial charge in [-0.2, -0.15) is 5.10 Å². The molecule has 0 aliphatic carbocycles. The number of hydrogen-bond donors (Lipinski definition) is 2. The summed E-state index contributed by atoms with van der Waals surface area (Å²) in [5.41, 5.74) is 1.50. The van der Waals surface area contributed by atoms with Gasteiger partial charge in [0.15, 0.2) is 0 Å². The van der Waals surface area contributed by atoms with Crippen LogP contribution in [0.15, 0.2) is 30.6 Å². The van der Waals surface area contributed by atoms with Gasteiger partial charge in [0.2, 0.25) is 0 Å². The van der Waals surface area contributed by atoms with Crippen LogP contribution in [0.3, 0.4) is 0 Å². The van der Waals surface area contributed by atoms with E-state index in [4.69, 9.17) is 23.2 Å². The lowest BCUT2D eigenvalue weighted by molar-refractivity contribution is 0.251. The second-order valence-corrected chi connectivity index (χ2v) is 4.77. The number of aromatic nitrogens is 2. The summed E-state index contributed by atoms with van der Waals surface area (Å²) in [6, 6.07) is 4.58. The Morgan fingerprint density at radius 2 is 2.16 bits per heavy atom. The van der Waals surface area contributed by atoms with Crippen LogP contribution in [0.1, 0.15) is 5.56 Å². The van der Waals surface area contributed by atoms with Gasteiger partial charge in [0.25, 0.3) is 0 Å². The molecule has 0 aliphatic rings. The van der Waals surface area contributed by atoms with Crippen molar-refractivity contribution in [3.63, 3.8) is 0 Å². The van der Waals surface area contributed by atoms with Gasteiger partial charge < -0.3 is 10.6 Å². The van der Waals surface area contributed by atoms with Crippen LogP contribution >= 0.6 is 23.2 Å². The lowest BCUT2D eigenvalue weighted by atomic mass is 10.3. The van der Waals surface area contributed by atoms with Gasteiger partial charge in [0.1, 0.15) is 0 Å². The summed E-state index contributed by atoms with van der Waals surface area (Å²) >= 11 is 11.6. The number of benzene rings is 1. The van der Waals surface area contributed by atoms with Crippen LogP contribution < -0.4 is 10.6 Å². The van der Waals surface area contributed by atoms with Crippen molar-refractivity contribution in [1.82, 2.24) is 15.1 Å². The summed E-state index contributed by atoms with van der Waals surface area (Å²) in [7, 11) is 1.82. The Labute approximate surface area is 120 Å². The van der Waals surface area contributed by atoms with Gasteiger partial charge in [-0.1, -0.05) is 23.2 Å². The Balaban J connectivity index is 1.88. The molecule has 0 radical (unpaired) electrons. The fourth-order valence-corrected chi connectivity index (χ4v) is 1.79. The van der Waals surface area contributed by atoms with Crippen LogP contribution in [0, 0.1) is 0 Å². The van der Waals surface area contributed by atoms with Crippen LogP contribution in [0.25, 0.3) is 0 Å². The summed E-state index contributed by atoms with van der Waals surface area (Å²) in [6.45, 7) is 0.404. The van der Waals surface area contributed by atoms with Crippen molar-refractivity contribution in [3.8, 4) is 0 Å². The number of carbonyl (C=O) groups excluding carboxylic acids is 1. The number of carbonyl (C=O) groups is 1. The first-order chi connectivity index (χ1) is 9.04. The molecule has 0 saturated carbocycles. The van der Waals surface area contributed by atoms with Crippen molar-refractivity contribution in [2.24, 2.45) is 7.05 Å². The van der Waals surface area contributed by atoms with E-state index < -0.39 is 0 Å². The topological polar surface area (TPSA) is 59.0 Å². The fourth-order valence-electron chi connectivity index (χ4n) is 1.49. The SMILES string of the molecule is Cn1cc(CNC(=O)Nc2ccc(Cl)c(Cl)c2)cn1. The third kappa shape index (κ3) is 3.87. The van der Waals surface area contributed by atoms with Gasteiger partial charge in [-0.15, -0.1) is 0 Å². The molecule has 0 saturated heterocycles. The molecule has 19 heavy (non-hydrogen) atoms. The van der Waals surface area contributed by atoms with Gasteiger partial charge in [-0.3, -0.25) is 4.68 Å². The van der Waals surface area contributed by atoms with E-state index in [1.165, 1.54) is 0 Å². The lowest BCUT2D eigenvalue weighted by Gasteiger charge is -2.07. The second kappa shape index (κ2) is 5.95. The van der Waals surface area contributed by atoms with Gasteiger partial charge in [-0.05, 0) is 18.2 Å². The predicted octanol–water partition coefficient (Wildman–Crippen LogP) is 3.05. The zero-order chi connectivity index (χ0) is 13.8. The maximum Gasteiger partial charge on any atom is 0.319 e. The number of amides is 2. The minimum Gasteiger partial charge on any atom is -0.334 e. The van der Waals surface area contributed by atoms with Crippen LogP contribution in [-0.2, 0) is 13.6 Å². The molecule has 5 nitrogen and oxygen atoms in total. The van der Waals surface area contributed by atoms with Gasteiger partial charge in [0.05, 0.1) is 16.2 Å². The number of urea groups is 1. The van der Waals surface area contributed by atoms with E-state index in [0.29, 0.717) is 22.3 Å². The number of halogens is 2. The second-order valence-electron chi connectivity index (χ2n) is 3.96. The quantitative estimate of drug-likeness (QED) is 0.915. The number of nitrogens with one attached hydrogen (secondary N) is 2. The fraction of sp³-hybridized carbons (Fsp3) is 0.167. The van der Waals surface area contributed by atoms with Crippen LogP contribution in [0.5, 0.6) is 0 Å². The Bertz CT molecular complexity index is 597. The van der Waals surface area contributed by atoms with E-state index in [1.54, 1.807) is 29.1 Å². The molecule has 0 fully saturated rings. The third-order valence-corrected chi connectivity index (χ3v) is 3.13. The largest absolute Gasteiger partial charge is 0.334 e. The van der Waals surface area contributed by atoms with Crippen molar-refractivity contribution in [2.75, 3.05) is 5.32 Å². The average molecular weight is 299 g/mol. The zero-order valence-corrected chi connectivity index (χ0v) is 11.7. The van der Waals surface area contributed by atoms with Crippen molar-refractivity contribution < 1.29 is 4.79 Å². The van der Waals surface area contributed by atoms with E-state index in [1.807, 2.05) is 13.2 Å². The first kappa shape index (κ1) is 13.7. The number of hydrogen-bond acceptors (Lipinski definition) is 2. The number of aryl methyl sites for hydroxylation is 1. The highest BCUT2D eigenvalue weighted by Crippen LogP contribution is 2.24. The summed E-state index contributed by atoms with van der Waals surface area (Å²) in [5, 5.41) is 10.2. The summed E-state index contributed by atoms with van der Waals surface area (Å²) in [4.78, 5) is 11.7. The van der Waals surface area contributed by atoms with E-state index in [2.05, 4.69) is 15.7 Å². The van der Waals surface area contributed by atoms with Crippen molar-refractivity contribution in [1.29, 1.82) is 0 Å². The molecule has 0 spiro atoms. The van der Waals surface area contributed by atoms with E-state index in [-0.39, 0.29) is 6.03 Å². The molecule has 1 heterocycles. The zero-order valence-electron chi connectivity index (χ0n) is 10.2. The molecule has 100 valence electrons. The molecular weight excluding hydrogens is 287 g/mol. The molecular formula is C12H12Cl2N4O. The maximum atomic E-state index is 11.7. The number of anilines is 1. The Hall–Kier alpha value is -1.72. The van der Waals surface area contributed by atoms with Gasteiger partial charge >= 0.3 is 6.03 Å². The minimum atomic E-state index is -0.317. The van der Waals surface area contributed by atoms with Crippen molar-refractivity contribution in [3.05, 3.63) is 46.2 Å². The monoisotopic (exact) mass is 298 g/mol. The molecule has 7 heteroatoms. The lowest BCUT2D eigenvalue weighted by Crippen LogP contribution is -2.28. The molecule has 0 atom stereocenters. The summed E-state index contributed by atoms with van der Waals surface area (Å²) in [5.74, 6) is 0. The molecule has 1 aromatic heterocycles. The highest BCUT2D eigenvalue weighted by molar-refractivity contribution is 6.42. The number of rotatable bonds is 3. The molecule has 2 N–H and O–H groups in total. The molecule has 2 amide bonds. The Kier molecular flexibility index (Phi) is 4.29. The van der Waals surface area contributed by atoms with Gasteiger partial charge in [-0.25, -0.2) is 4.79 Å². The minimum absolute atomic E-state index is 0.317. The van der Waals surface area contributed by atoms with Crippen LogP contribution in [-0.4, -0.2) is 15.8 Å². The molecule has 0 unspecified atom stereocenters. The van der Waals surface area contributed by atoms with E-state index in [9.17, 15) is 4.79 Å².